The SMILES string of the molecule is CCCn1c(N)c(C(=O)C[NH+]2CC=C(c3ccccc3)CC2)c(=O)n(C)c1=O. The molecule has 2 heterocycles. The van der Waals surface area contributed by atoms with Crippen LogP contribution in [0.25, 0.3) is 5.57 Å². The van der Waals surface area contributed by atoms with Crippen LogP contribution in [0.4, 0.5) is 5.82 Å². The third kappa shape index (κ3) is 3.84. The first kappa shape index (κ1) is 19.8. The van der Waals surface area contributed by atoms with E-state index >= 15 is 0 Å². The van der Waals surface area contributed by atoms with E-state index in [1.54, 1.807) is 0 Å². The molecule has 0 bridgehead atoms. The summed E-state index contributed by atoms with van der Waals surface area (Å²) < 4.78 is 2.28. The van der Waals surface area contributed by atoms with Crippen molar-refractivity contribution in [3.05, 3.63) is 68.4 Å². The average molecular weight is 383 g/mol. The maximum atomic E-state index is 12.9. The van der Waals surface area contributed by atoms with Gasteiger partial charge in [0.2, 0.25) is 5.78 Å². The van der Waals surface area contributed by atoms with Crippen LogP contribution in [0.3, 0.4) is 0 Å². The number of Topliss-reactive ketones (excluding diaryl/α,β-unsaturated/α-hetero) is 1. The first-order valence-corrected chi connectivity index (χ1v) is 9.64. The van der Waals surface area contributed by atoms with Crippen LogP contribution in [-0.2, 0) is 13.6 Å². The fourth-order valence-corrected chi connectivity index (χ4v) is 3.66. The van der Waals surface area contributed by atoms with Crippen molar-refractivity contribution in [1.82, 2.24) is 9.13 Å². The highest BCUT2D eigenvalue weighted by Crippen LogP contribution is 2.17. The van der Waals surface area contributed by atoms with E-state index in [9.17, 15) is 14.4 Å². The zero-order valence-corrected chi connectivity index (χ0v) is 16.4. The van der Waals surface area contributed by atoms with Crippen molar-refractivity contribution < 1.29 is 9.69 Å². The Balaban J connectivity index is 1.80. The molecule has 1 aromatic carbocycles. The number of aromatic nitrogens is 2. The number of ketones is 1. The summed E-state index contributed by atoms with van der Waals surface area (Å²) in [7, 11) is 1.38. The van der Waals surface area contributed by atoms with Gasteiger partial charge in [-0.3, -0.25) is 18.7 Å². The maximum Gasteiger partial charge on any atom is 0.332 e. The van der Waals surface area contributed by atoms with Gasteiger partial charge in [0.05, 0.1) is 13.1 Å². The molecule has 28 heavy (non-hydrogen) atoms. The second-order valence-electron chi connectivity index (χ2n) is 7.21. The zero-order valence-electron chi connectivity index (χ0n) is 16.4. The monoisotopic (exact) mass is 383 g/mol. The molecular formula is C21H27N4O3+. The van der Waals surface area contributed by atoms with Gasteiger partial charge in [0, 0.05) is 20.0 Å². The fourth-order valence-electron chi connectivity index (χ4n) is 3.66. The van der Waals surface area contributed by atoms with Gasteiger partial charge in [-0.1, -0.05) is 37.3 Å². The number of nitrogens with two attached hydrogens (primary N) is 1. The van der Waals surface area contributed by atoms with Crippen LogP contribution in [0.2, 0.25) is 0 Å². The zero-order chi connectivity index (χ0) is 20.3. The molecule has 3 N–H and O–H groups in total. The van der Waals surface area contributed by atoms with E-state index in [1.165, 1.54) is 22.8 Å². The molecule has 0 amide bonds. The number of carbonyl (C=O) groups excluding carboxylic acids is 1. The lowest BCUT2D eigenvalue weighted by Crippen LogP contribution is -3.13. The highest BCUT2D eigenvalue weighted by atomic mass is 16.2. The van der Waals surface area contributed by atoms with Crippen molar-refractivity contribution in [3.63, 3.8) is 0 Å². The highest BCUT2D eigenvalue weighted by molar-refractivity contribution is 6.00. The average Bonchev–Trinajstić information content (AvgIpc) is 2.71. The van der Waals surface area contributed by atoms with Crippen molar-refractivity contribution in [2.24, 2.45) is 7.05 Å². The third-order valence-corrected chi connectivity index (χ3v) is 5.25. The predicted octanol–water partition coefficient (Wildman–Crippen LogP) is 0.0941. The number of nitrogen functional groups attached to an aromatic ring is 1. The van der Waals surface area contributed by atoms with E-state index in [0.29, 0.717) is 19.5 Å². The van der Waals surface area contributed by atoms with Gasteiger partial charge >= 0.3 is 5.69 Å². The van der Waals surface area contributed by atoms with Gasteiger partial charge in [-0.05, 0) is 23.6 Å². The van der Waals surface area contributed by atoms with Crippen LogP contribution in [0, 0.1) is 0 Å². The van der Waals surface area contributed by atoms with Gasteiger partial charge in [-0.15, -0.1) is 0 Å². The minimum absolute atomic E-state index is 0.0168. The molecule has 0 radical (unpaired) electrons. The first-order chi connectivity index (χ1) is 13.4. The number of carbonyl (C=O) groups is 1. The molecule has 0 fully saturated rings. The summed E-state index contributed by atoms with van der Waals surface area (Å²) in [6, 6.07) is 10.2. The van der Waals surface area contributed by atoms with Crippen LogP contribution < -0.4 is 21.9 Å². The minimum Gasteiger partial charge on any atom is -0.384 e. The Hall–Kier alpha value is -2.93. The second-order valence-corrected chi connectivity index (χ2v) is 7.21. The van der Waals surface area contributed by atoms with E-state index < -0.39 is 11.2 Å². The smallest absolute Gasteiger partial charge is 0.332 e. The number of nitrogens with zero attached hydrogens (tertiary/aromatic N) is 2. The van der Waals surface area contributed by atoms with Crippen LogP contribution >= 0.6 is 0 Å². The quantitative estimate of drug-likeness (QED) is 0.692. The van der Waals surface area contributed by atoms with Crippen LogP contribution in [0.15, 0.2) is 46.0 Å². The van der Waals surface area contributed by atoms with E-state index in [4.69, 9.17) is 5.73 Å². The summed E-state index contributed by atoms with van der Waals surface area (Å²) in [6.45, 7) is 3.99. The van der Waals surface area contributed by atoms with Gasteiger partial charge in [-0.25, -0.2) is 4.79 Å². The van der Waals surface area contributed by atoms with Crippen molar-refractivity contribution in [3.8, 4) is 0 Å². The molecule has 7 heteroatoms. The predicted molar refractivity (Wildman–Crippen MR) is 110 cm³/mol. The molecule has 1 unspecified atom stereocenters. The van der Waals surface area contributed by atoms with Gasteiger partial charge in [0.1, 0.15) is 17.9 Å². The number of anilines is 1. The van der Waals surface area contributed by atoms with Gasteiger partial charge < -0.3 is 10.6 Å². The molecule has 3 rings (SSSR count). The number of nitrogens with one attached hydrogen (secondary N) is 1. The summed E-state index contributed by atoms with van der Waals surface area (Å²) >= 11 is 0. The van der Waals surface area contributed by atoms with E-state index in [-0.39, 0.29) is 23.7 Å². The maximum absolute atomic E-state index is 12.9. The lowest BCUT2D eigenvalue weighted by atomic mass is 9.99. The molecule has 0 aliphatic carbocycles. The Labute approximate surface area is 163 Å². The number of quaternary nitrogens is 1. The summed E-state index contributed by atoms with van der Waals surface area (Å²) in [5, 5.41) is 0. The number of hydrogen-bond donors (Lipinski definition) is 2. The van der Waals surface area contributed by atoms with Gasteiger partial charge in [-0.2, -0.15) is 0 Å². The Morgan fingerprint density at radius 1 is 1.21 bits per heavy atom. The molecule has 0 spiro atoms. The normalized spacial score (nSPS) is 16.6. The Kier molecular flexibility index (Phi) is 5.94. The first-order valence-electron chi connectivity index (χ1n) is 9.64. The summed E-state index contributed by atoms with van der Waals surface area (Å²) in [6.07, 6.45) is 3.71. The molecule has 148 valence electrons. The van der Waals surface area contributed by atoms with Crippen LogP contribution in [0.5, 0.6) is 0 Å². The van der Waals surface area contributed by atoms with Crippen molar-refractivity contribution in [1.29, 1.82) is 0 Å². The van der Waals surface area contributed by atoms with E-state index in [0.717, 1.165) is 22.4 Å². The Morgan fingerprint density at radius 3 is 2.54 bits per heavy atom. The number of rotatable bonds is 6. The van der Waals surface area contributed by atoms with Crippen molar-refractivity contribution in [2.45, 2.75) is 26.3 Å². The molecule has 1 aliphatic rings. The molecule has 0 saturated heterocycles. The lowest BCUT2D eigenvalue weighted by Gasteiger charge is -2.23. The summed E-state index contributed by atoms with van der Waals surface area (Å²) in [4.78, 5) is 38.7. The molecule has 0 saturated carbocycles. The fraction of sp³-hybridized carbons (Fsp3) is 0.381. The molecule has 1 aromatic heterocycles. The minimum atomic E-state index is -0.614. The molecule has 2 aromatic rings. The third-order valence-electron chi connectivity index (χ3n) is 5.25. The van der Waals surface area contributed by atoms with Gasteiger partial charge in [0.25, 0.3) is 5.56 Å². The van der Waals surface area contributed by atoms with Crippen LogP contribution in [-0.4, -0.2) is 34.6 Å². The van der Waals surface area contributed by atoms with Crippen LogP contribution in [0.1, 0.15) is 35.7 Å². The standard InChI is InChI=1S/C21H26N4O3/c1-3-11-25-19(22)18(20(27)23(2)21(25)28)17(26)14-24-12-9-16(10-13-24)15-7-5-4-6-8-15/h4-9H,3,10-14,22H2,1-2H3/p+1. The molecule has 1 atom stereocenters. The Morgan fingerprint density at radius 2 is 1.93 bits per heavy atom. The van der Waals surface area contributed by atoms with Gasteiger partial charge in [0.15, 0.2) is 0 Å². The van der Waals surface area contributed by atoms with Crippen molar-refractivity contribution in [2.75, 3.05) is 25.4 Å². The Bertz CT molecular complexity index is 1020. The molecule has 7 nitrogen and oxygen atoms in total. The molecule has 1 aliphatic heterocycles. The lowest BCUT2D eigenvalue weighted by molar-refractivity contribution is -0.886. The number of benzene rings is 1. The molecular weight excluding hydrogens is 356 g/mol. The second kappa shape index (κ2) is 8.39. The highest BCUT2D eigenvalue weighted by Gasteiger charge is 2.26. The van der Waals surface area contributed by atoms with E-state index in [1.807, 2.05) is 25.1 Å². The summed E-state index contributed by atoms with van der Waals surface area (Å²) in [5.74, 6) is -0.327. The summed E-state index contributed by atoms with van der Waals surface area (Å²) in [5.41, 5.74) is 7.37. The number of hydrogen-bond acceptors (Lipinski definition) is 4. The van der Waals surface area contributed by atoms with E-state index in [2.05, 4.69) is 18.2 Å². The topological polar surface area (TPSA) is 91.5 Å². The largest absolute Gasteiger partial charge is 0.384 e. The van der Waals surface area contributed by atoms with Crippen molar-refractivity contribution >= 4 is 17.2 Å².